The van der Waals surface area contributed by atoms with Crippen LogP contribution in [0.5, 0.6) is 0 Å². The van der Waals surface area contributed by atoms with Gasteiger partial charge in [-0.3, -0.25) is 9.59 Å². The summed E-state index contributed by atoms with van der Waals surface area (Å²) in [6, 6.07) is 12.8. The van der Waals surface area contributed by atoms with E-state index >= 15 is 0 Å². The topological polar surface area (TPSA) is 89.1 Å². The number of nitrogens with one attached hydrogen (secondary N) is 1. The number of hydrogen-bond donors (Lipinski definition) is 1. The largest absolute Gasteiger partial charge is 0.451 e. The summed E-state index contributed by atoms with van der Waals surface area (Å²) in [4.78, 5) is 45.6. The second-order valence-electron chi connectivity index (χ2n) is 6.86. The molecule has 1 aromatic carbocycles. The van der Waals surface area contributed by atoms with Gasteiger partial charge in [-0.15, -0.1) is 0 Å². The molecule has 7 heteroatoms. The SMILES string of the molecule is CC(=O)c1c(C)[nH]c(C(=O)C(C)OC(=O)c2cccnc2Sc2ccccc2)c1C. The van der Waals surface area contributed by atoms with E-state index in [1.165, 1.54) is 25.6 Å². The maximum Gasteiger partial charge on any atom is 0.341 e. The van der Waals surface area contributed by atoms with Gasteiger partial charge in [0.2, 0.25) is 5.78 Å². The van der Waals surface area contributed by atoms with Crippen LogP contribution in [0, 0.1) is 13.8 Å². The molecule has 0 saturated heterocycles. The van der Waals surface area contributed by atoms with E-state index in [4.69, 9.17) is 4.74 Å². The van der Waals surface area contributed by atoms with Crippen LogP contribution in [0.15, 0.2) is 58.6 Å². The van der Waals surface area contributed by atoms with Gasteiger partial charge < -0.3 is 9.72 Å². The fourth-order valence-corrected chi connectivity index (χ4v) is 4.12. The fraction of sp³-hybridized carbons (Fsp3) is 0.217. The molecule has 3 rings (SSSR count). The van der Waals surface area contributed by atoms with Crippen LogP contribution < -0.4 is 0 Å². The Morgan fingerprint density at radius 1 is 1.07 bits per heavy atom. The van der Waals surface area contributed by atoms with Gasteiger partial charge in [0.15, 0.2) is 11.9 Å². The van der Waals surface area contributed by atoms with Crippen LogP contribution in [-0.4, -0.2) is 33.6 Å². The molecule has 1 unspecified atom stereocenters. The van der Waals surface area contributed by atoms with Crippen molar-refractivity contribution in [1.82, 2.24) is 9.97 Å². The molecule has 2 aromatic heterocycles. The van der Waals surface area contributed by atoms with Crippen LogP contribution in [0.1, 0.15) is 56.3 Å². The number of ketones is 2. The summed E-state index contributed by atoms with van der Waals surface area (Å²) in [5, 5.41) is 0.499. The van der Waals surface area contributed by atoms with Crippen LogP contribution in [0.2, 0.25) is 0 Å². The van der Waals surface area contributed by atoms with Gasteiger partial charge in [-0.25, -0.2) is 9.78 Å². The Morgan fingerprint density at radius 3 is 2.40 bits per heavy atom. The molecule has 0 spiro atoms. The highest BCUT2D eigenvalue weighted by atomic mass is 32.2. The number of carbonyl (C=O) groups is 3. The molecule has 0 aliphatic heterocycles. The summed E-state index contributed by atoms with van der Waals surface area (Å²) in [5.74, 6) is -1.14. The Balaban J connectivity index is 1.79. The van der Waals surface area contributed by atoms with E-state index < -0.39 is 17.9 Å². The van der Waals surface area contributed by atoms with Crippen LogP contribution in [0.3, 0.4) is 0 Å². The molecule has 2 heterocycles. The minimum Gasteiger partial charge on any atom is -0.451 e. The summed E-state index contributed by atoms with van der Waals surface area (Å²) in [6.07, 6.45) is 0.578. The molecule has 0 amide bonds. The molecule has 0 aliphatic carbocycles. The van der Waals surface area contributed by atoms with Gasteiger partial charge in [-0.2, -0.15) is 0 Å². The smallest absolute Gasteiger partial charge is 0.341 e. The number of rotatable bonds is 7. The lowest BCUT2D eigenvalue weighted by molar-refractivity contribution is 0.0312. The lowest BCUT2D eigenvalue weighted by Crippen LogP contribution is -2.25. The van der Waals surface area contributed by atoms with Crippen LogP contribution in [-0.2, 0) is 4.74 Å². The number of H-pyrrole nitrogens is 1. The predicted octanol–water partition coefficient (Wildman–Crippen LogP) is 4.81. The predicted molar refractivity (Wildman–Crippen MR) is 114 cm³/mol. The van der Waals surface area contributed by atoms with Crippen LogP contribution >= 0.6 is 11.8 Å². The van der Waals surface area contributed by atoms with E-state index in [-0.39, 0.29) is 17.0 Å². The standard InChI is InChI=1S/C23H22N2O4S/c1-13-19(15(3)26)14(2)25-20(13)21(27)16(4)29-23(28)18-11-8-12-24-22(18)30-17-9-6-5-7-10-17/h5-12,16,25H,1-4H3. The van der Waals surface area contributed by atoms with Crippen molar-refractivity contribution in [3.63, 3.8) is 0 Å². The van der Waals surface area contributed by atoms with Crippen molar-refractivity contribution in [3.05, 3.63) is 76.7 Å². The Hall–Kier alpha value is -3.19. The molecular formula is C23H22N2O4S. The van der Waals surface area contributed by atoms with Crippen molar-refractivity contribution < 1.29 is 19.1 Å². The Kier molecular flexibility index (Phi) is 6.52. The third-order valence-electron chi connectivity index (χ3n) is 4.64. The first-order valence-electron chi connectivity index (χ1n) is 9.42. The number of aromatic amines is 1. The van der Waals surface area contributed by atoms with Crippen LogP contribution in [0.4, 0.5) is 0 Å². The van der Waals surface area contributed by atoms with Crippen molar-refractivity contribution in [2.45, 2.75) is 43.7 Å². The summed E-state index contributed by atoms with van der Waals surface area (Å²) < 4.78 is 5.45. The van der Waals surface area contributed by atoms with Gasteiger partial charge in [0, 0.05) is 22.3 Å². The quantitative estimate of drug-likeness (QED) is 0.434. The van der Waals surface area contributed by atoms with E-state index in [0.29, 0.717) is 21.8 Å². The first-order valence-corrected chi connectivity index (χ1v) is 10.2. The van der Waals surface area contributed by atoms with Crippen molar-refractivity contribution in [3.8, 4) is 0 Å². The summed E-state index contributed by atoms with van der Waals surface area (Å²) in [7, 11) is 0. The molecule has 1 atom stereocenters. The summed E-state index contributed by atoms with van der Waals surface area (Å²) in [5.41, 5.74) is 2.24. The number of aryl methyl sites for hydroxylation is 1. The van der Waals surface area contributed by atoms with Crippen molar-refractivity contribution in [2.75, 3.05) is 0 Å². The minimum absolute atomic E-state index is 0.122. The maximum absolute atomic E-state index is 12.9. The number of aromatic nitrogens is 2. The first kappa shape index (κ1) is 21.5. The molecule has 1 N–H and O–H groups in total. The molecule has 0 aliphatic rings. The number of esters is 1. The third kappa shape index (κ3) is 4.52. The lowest BCUT2D eigenvalue weighted by atomic mass is 10.0. The minimum atomic E-state index is -1.02. The lowest BCUT2D eigenvalue weighted by Gasteiger charge is -2.13. The van der Waals surface area contributed by atoms with E-state index in [9.17, 15) is 14.4 Å². The molecule has 6 nitrogen and oxygen atoms in total. The molecule has 0 fully saturated rings. The molecule has 154 valence electrons. The molecule has 0 radical (unpaired) electrons. The second-order valence-corrected chi connectivity index (χ2v) is 7.93. The van der Waals surface area contributed by atoms with Crippen molar-refractivity contribution >= 4 is 29.3 Å². The first-order chi connectivity index (χ1) is 14.3. The zero-order valence-corrected chi connectivity index (χ0v) is 18.0. The van der Waals surface area contributed by atoms with Gasteiger partial charge in [0.1, 0.15) is 5.03 Å². The van der Waals surface area contributed by atoms with Crippen molar-refractivity contribution in [2.24, 2.45) is 0 Å². The Bertz CT molecular complexity index is 1110. The number of hydrogen-bond acceptors (Lipinski definition) is 6. The normalized spacial score (nSPS) is 11.7. The number of ether oxygens (including phenoxy) is 1. The number of Topliss-reactive ketones (excluding diaryl/α,β-unsaturated/α-hetero) is 2. The van der Waals surface area contributed by atoms with E-state index in [2.05, 4.69) is 9.97 Å². The average Bonchev–Trinajstić information content (AvgIpc) is 3.02. The highest BCUT2D eigenvalue weighted by Gasteiger charge is 2.27. The fourth-order valence-electron chi connectivity index (χ4n) is 3.23. The molecular weight excluding hydrogens is 400 g/mol. The zero-order chi connectivity index (χ0) is 21.8. The van der Waals surface area contributed by atoms with Gasteiger partial charge in [-0.1, -0.05) is 30.0 Å². The van der Waals surface area contributed by atoms with Gasteiger partial charge in [-0.05, 0) is 57.5 Å². The van der Waals surface area contributed by atoms with Gasteiger partial charge in [0.05, 0.1) is 11.3 Å². The van der Waals surface area contributed by atoms with Gasteiger partial charge >= 0.3 is 5.97 Å². The Labute approximate surface area is 179 Å². The van der Waals surface area contributed by atoms with E-state index in [1.807, 2.05) is 30.3 Å². The molecule has 30 heavy (non-hydrogen) atoms. The van der Waals surface area contributed by atoms with Gasteiger partial charge in [0.25, 0.3) is 0 Å². The molecule has 3 aromatic rings. The number of carbonyl (C=O) groups excluding carboxylic acids is 3. The third-order valence-corrected chi connectivity index (χ3v) is 5.66. The van der Waals surface area contributed by atoms with Crippen molar-refractivity contribution in [1.29, 1.82) is 0 Å². The van der Waals surface area contributed by atoms with Crippen LogP contribution in [0.25, 0.3) is 0 Å². The van der Waals surface area contributed by atoms with E-state index in [0.717, 1.165) is 4.90 Å². The van der Waals surface area contributed by atoms with E-state index in [1.54, 1.807) is 32.2 Å². The summed E-state index contributed by atoms with van der Waals surface area (Å²) >= 11 is 1.34. The Morgan fingerprint density at radius 2 is 1.77 bits per heavy atom. The highest BCUT2D eigenvalue weighted by molar-refractivity contribution is 7.99. The number of nitrogens with zero attached hydrogens (tertiary/aromatic N) is 1. The maximum atomic E-state index is 12.9. The highest BCUT2D eigenvalue weighted by Crippen LogP contribution is 2.29. The molecule has 0 bridgehead atoms. The molecule has 0 saturated carbocycles. The monoisotopic (exact) mass is 422 g/mol. The number of pyridine rings is 1. The zero-order valence-electron chi connectivity index (χ0n) is 17.2. The second kappa shape index (κ2) is 9.09. The number of benzene rings is 1. The average molecular weight is 423 g/mol. The summed E-state index contributed by atoms with van der Waals surface area (Å²) in [6.45, 7) is 6.41.